The van der Waals surface area contributed by atoms with Crippen LogP contribution in [-0.4, -0.2) is 127 Å². The Morgan fingerprint density at radius 1 is 0.245 bits per heavy atom. The molecule has 3 unspecified atom stereocenters. The second-order valence-electron chi connectivity index (χ2n) is 37.6. The lowest BCUT2D eigenvalue weighted by atomic mass is 9.92. The molecule has 24 heteroatoms. The molecule has 0 amide bonds. The van der Waals surface area contributed by atoms with Gasteiger partial charge in [0.1, 0.15) is 74.4 Å². The lowest BCUT2D eigenvalue weighted by Crippen LogP contribution is -2.14. The van der Waals surface area contributed by atoms with E-state index in [1.54, 1.807) is 24.3 Å². The van der Waals surface area contributed by atoms with Crippen molar-refractivity contribution in [2.24, 2.45) is 17.8 Å². The van der Waals surface area contributed by atoms with Crippen molar-refractivity contribution in [3.63, 3.8) is 0 Å². The average Bonchev–Trinajstić information content (AvgIpc) is 0.835. The number of phenolic OH excluding ortho intramolecular Hbond substituents is 8. The lowest BCUT2D eigenvalue weighted by Gasteiger charge is -2.16. The molecule has 740 valence electrons. The van der Waals surface area contributed by atoms with Crippen molar-refractivity contribution >= 4 is 97.0 Å². The van der Waals surface area contributed by atoms with Crippen molar-refractivity contribution < 1.29 is 59.8 Å². The highest BCUT2D eigenvalue weighted by molar-refractivity contribution is 6.25. The summed E-state index contributed by atoms with van der Waals surface area (Å²) in [7, 11) is 0. The Bertz CT molecular complexity index is 8170. The molecule has 147 heavy (non-hydrogen) atoms. The first-order chi connectivity index (χ1) is 71.9. The fraction of sp³-hybridized carbons (Fsp3) is 0.236. The van der Waals surface area contributed by atoms with Gasteiger partial charge in [-0.25, -0.2) is 19.9 Å². The smallest absolute Gasteiger partial charge is 0.320 e. The zero-order valence-electron chi connectivity index (χ0n) is 83.0. The number of nitrogens with zero attached hydrogens (tertiary/aromatic N) is 12. The number of ether oxygens (including phenoxy) is 4. The van der Waals surface area contributed by atoms with Crippen molar-refractivity contribution in [2.75, 3.05) is 19.8 Å². The Hall–Kier alpha value is -17.0. The first kappa shape index (κ1) is 98.7. The molecule has 24 nitrogen and oxygen atoms in total. The molecule has 1 fully saturated rings. The van der Waals surface area contributed by atoms with Gasteiger partial charge in [0, 0.05) is 22.3 Å². The number of hydrogen-bond acceptors (Lipinski definition) is 24. The van der Waals surface area contributed by atoms with Gasteiger partial charge in [-0.3, -0.25) is 0 Å². The number of aromatic hydroxyl groups is 8. The second-order valence-corrected chi connectivity index (χ2v) is 37.6. The van der Waals surface area contributed by atoms with E-state index < -0.39 is 0 Å². The fourth-order valence-electron chi connectivity index (χ4n) is 19.6. The molecule has 4 aromatic heterocycles. The van der Waals surface area contributed by atoms with Gasteiger partial charge in [-0.1, -0.05) is 306 Å². The third-order valence-electron chi connectivity index (χ3n) is 27.7. The maximum Gasteiger partial charge on any atom is 0.320 e. The van der Waals surface area contributed by atoms with Crippen LogP contribution in [0.1, 0.15) is 144 Å². The van der Waals surface area contributed by atoms with Crippen molar-refractivity contribution in [1.29, 1.82) is 0 Å². The van der Waals surface area contributed by atoms with Crippen LogP contribution < -0.4 is 18.9 Å². The summed E-state index contributed by atoms with van der Waals surface area (Å²) in [5.41, 5.74) is 3.94. The van der Waals surface area contributed by atoms with Gasteiger partial charge in [-0.05, 0) is 245 Å². The summed E-state index contributed by atoms with van der Waals surface area (Å²) in [4.78, 5) is 55.8. The van der Waals surface area contributed by atoms with E-state index in [4.69, 9.17) is 48.9 Å². The van der Waals surface area contributed by atoms with Crippen LogP contribution in [0, 0.1) is 17.8 Å². The van der Waals surface area contributed by atoms with E-state index in [1.165, 1.54) is 70.1 Å². The minimum Gasteiger partial charge on any atom is -0.507 e. The molecule has 17 aromatic carbocycles. The molecule has 0 bridgehead atoms. The van der Waals surface area contributed by atoms with Crippen LogP contribution in [0.3, 0.4) is 0 Å². The second kappa shape index (κ2) is 45.3. The van der Waals surface area contributed by atoms with E-state index >= 15 is 0 Å². The summed E-state index contributed by atoms with van der Waals surface area (Å²) in [6.07, 6.45) is 17.3. The van der Waals surface area contributed by atoms with Crippen molar-refractivity contribution in [3.05, 3.63) is 291 Å². The largest absolute Gasteiger partial charge is 0.507 e. The summed E-state index contributed by atoms with van der Waals surface area (Å²) in [6.45, 7) is 14.5. The first-order valence-electron chi connectivity index (χ1n) is 50.9. The molecule has 8 N–H and O–H groups in total. The number of phenols is 8. The summed E-state index contributed by atoms with van der Waals surface area (Å²) in [6, 6.07) is 93.5. The van der Waals surface area contributed by atoms with Crippen LogP contribution in [0.25, 0.3) is 188 Å². The zero-order valence-corrected chi connectivity index (χ0v) is 83.0. The molecule has 3 atom stereocenters. The molecule has 21 aromatic rings. The van der Waals surface area contributed by atoms with Crippen LogP contribution in [0.5, 0.6) is 70.0 Å². The topological polar surface area (TPSA) is 353 Å². The van der Waals surface area contributed by atoms with Crippen molar-refractivity contribution in [2.45, 2.75) is 150 Å². The van der Waals surface area contributed by atoms with E-state index in [1.807, 2.05) is 78.9 Å². The number of unbranched alkanes of at least 4 members (excludes halogenated alkanes) is 3. The van der Waals surface area contributed by atoms with Gasteiger partial charge in [0.15, 0.2) is 46.6 Å². The van der Waals surface area contributed by atoms with Crippen molar-refractivity contribution in [3.8, 4) is 161 Å². The molecule has 0 saturated heterocycles. The summed E-state index contributed by atoms with van der Waals surface area (Å²) in [5, 5.41) is 104. The van der Waals surface area contributed by atoms with E-state index in [-0.39, 0.29) is 122 Å². The maximum atomic E-state index is 10.6. The van der Waals surface area contributed by atoms with Crippen LogP contribution in [0.15, 0.2) is 291 Å². The van der Waals surface area contributed by atoms with Gasteiger partial charge in [0.2, 0.25) is 0 Å². The van der Waals surface area contributed by atoms with Crippen molar-refractivity contribution in [1.82, 2.24) is 59.8 Å². The summed E-state index contributed by atoms with van der Waals surface area (Å²) >= 11 is 0. The van der Waals surface area contributed by atoms with E-state index in [2.05, 4.69) is 211 Å². The molecular formula is C123H116N12O12. The number of fused-ring (bicyclic) bond motifs is 7. The standard InChI is InChI=1S/C33H31N3O3.2C31H31N3O3.C28H23N3O3/c1-3-5-8-20(4-2)19-39-33-35-31(34-32(36-33)30-26(37)11-7-12-27(30)38)25-18-16-23-14-13-21-9-6-10-22-15-17-24(25)29(23)28(21)22;1-3-5-11-20(4-2)19-37-31-33-29(32-30(34-31)28-25(35)16-10-17-26(28)36)27-23-14-8-6-12-21(23)18-22-13-7-9-15-24(22)27;1-3-5-11-20(4-2)19-37-31-33-29(32-30(34-31)28-26(35)16-10-17-27(28)36)25-18-21-12-6-7-13-22(21)23-14-8-9-15-24(23)25;32-23-10-5-11-24(33)25(23)27-29-26(30-28(31-27)34-22-8-3-4-9-22)20-13-12-19-14-17-6-1-2-7-18(17)15-21(19)16-20/h6-7,9-18,20,37-38H,3-5,8,19H2,1-2H3;2*6-10,12-18,20,35-36H,3-5,11,19H2,1-2H3;1-2,5-7,10-16,22,32-33H,3-4,8-9H2. The molecule has 1 aliphatic rings. The van der Waals surface area contributed by atoms with Gasteiger partial charge < -0.3 is 59.8 Å². The van der Waals surface area contributed by atoms with Crippen LogP contribution in [-0.2, 0) is 0 Å². The Labute approximate surface area is 851 Å². The van der Waals surface area contributed by atoms with Crippen LogP contribution >= 0.6 is 0 Å². The maximum absolute atomic E-state index is 10.6. The van der Waals surface area contributed by atoms with E-state index in [0.29, 0.717) is 60.9 Å². The number of benzene rings is 17. The van der Waals surface area contributed by atoms with E-state index in [9.17, 15) is 40.9 Å². The number of rotatable bonds is 31. The molecule has 1 saturated carbocycles. The van der Waals surface area contributed by atoms with Gasteiger partial charge >= 0.3 is 24.0 Å². The zero-order chi connectivity index (χ0) is 102. The highest BCUT2D eigenvalue weighted by atomic mass is 16.5. The minimum atomic E-state index is -0.111. The Kier molecular flexibility index (Phi) is 30.4. The molecule has 0 radical (unpaired) electrons. The summed E-state index contributed by atoms with van der Waals surface area (Å²) in [5.74, 6) is 2.67. The molecule has 0 spiro atoms. The van der Waals surface area contributed by atoms with Gasteiger partial charge in [-0.2, -0.15) is 39.9 Å². The van der Waals surface area contributed by atoms with Gasteiger partial charge in [-0.15, -0.1) is 0 Å². The van der Waals surface area contributed by atoms with E-state index in [0.717, 1.165) is 200 Å². The molecular weight excluding hydrogens is 1840 g/mol. The number of aromatic nitrogens is 12. The molecule has 22 rings (SSSR count). The third-order valence-corrected chi connectivity index (χ3v) is 27.7. The first-order valence-corrected chi connectivity index (χ1v) is 50.9. The predicted octanol–water partition coefficient (Wildman–Crippen LogP) is 29.4. The average molecular weight is 1950 g/mol. The fourth-order valence-corrected chi connectivity index (χ4v) is 19.6. The predicted molar refractivity (Wildman–Crippen MR) is 584 cm³/mol. The third kappa shape index (κ3) is 21.9. The van der Waals surface area contributed by atoms with Gasteiger partial charge in [0.05, 0.1) is 19.8 Å². The Morgan fingerprint density at radius 2 is 0.565 bits per heavy atom. The normalized spacial score (nSPS) is 12.7. The Balaban J connectivity index is 0.000000124. The quantitative estimate of drug-likeness (QED) is 0.0148. The highest BCUT2D eigenvalue weighted by Crippen LogP contribution is 2.47. The molecule has 1 aliphatic carbocycles. The SMILES string of the molecule is CCCCC(CC)COc1nc(-c2c(O)cccc2O)nc(-c2c3ccccc3cc3ccccc23)n1.CCCCC(CC)COc1nc(-c2c(O)cccc2O)nc(-c2cc3ccccc3c3ccccc23)n1.CCCCC(CC)COc1nc(-c2c(O)cccc2O)nc(-c2ccc3ccc4cccc5ccc2c3c45)n1.Oc1cccc(O)c1-c1nc(OC2CCCC2)nc(-c2ccc3cc4ccccc4cc3c2)n1. The summed E-state index contributed by atoms with van der Waals surface area (Å²) < 4.78 is 24.6. The van der Waals surface area contributed by atoms with Crippen LogP contribution in [0.2, 0.25) is 0 Å². The highest BCUT2D eigenvalue weighted by Gasteiger charge is 2.29. The molecule has 4 heterocycles. The monoisotopic (exact) mass is 1950 g/mol. The number of hydrogen-bond donors (Lipinski definition) is 8. The lowest BCUT2D eigenvalue weighted by molar-refractivity contribution is 0.192. The minimum absolute atomic E-state index is 0.0593. The van der Waals surface area contributed by atoms with Gasteiger partial charge in [0.25, 0.3) is 0 Å². The van der Waals surface area contributed by atoms with Crippen LogP contribution in [0.4, 0.5) is 0 Å². The molecule has 0 aliphatic heterocycles. The Morgan fingerprint density at radius 3 is 1.02 bits per heavy atom.